The highest BCUT2D eigenvalue weighted by atomic mass is 16.5. The molecule has 1 fully saturated rings. The number of nitrogens with one attached hydrogen (secondary N) is 1. The maximum Gasteiger partial charge on any atom is 0.290 e. The molecule has 1 aliphatic heterocycles. The van der Waals surface area contributed by atoms with Gasteiger partial charge in [-0.15, -0.1) is 0 Å². The van der Waals surface area contributed by atoms with E-state index >= 15 is 0 Å². The van der Waals surface area contributed by atoms with Crippen LogP contribution in [0.15, 0.2) is 12.1 Å². The van der Waals surface area contributed by atoms with Crippen LogP contribution in [-0.2, 0) is 17.6 Å². The minimum Gasteiger partial charge on any atom is -0.493 e. The molecule has 2 N–H and O–H groups in total. The molecule has 1 aromatic heterocycles. The predicted octanol–water partition coefficient (Wildman–Crippen LogP) is 3.97. The summed E-state index contributed by atoms with van der Waals surface area (Å²) in [5.74, 6) is 3.26. The van der Waals surface area contributed by atoms with E-state index in [0.29, 0.717) is 12.0 Å². The molecule has 7 heteroatoms. The lowest BCUT2D eigenvalue weighted by atomic mass is 9.89. The van der Waals surface area contributed by atoms with Gasteiger partial charge in [0.05, 0.1) is 19.2 Å². The van der Waals surface area contributed by atoms with E-state index in [1.165, 1.54) is 35.8 Å². The van der Waals surface area contributed by atoms with Crippen molar-refractivity contribution in [2.75, 3.05) is 39.2 Å². The molecule has 1 aliphatic carbocycles. The van der Waals surface area contributed by atoms with Gasteiger partial charge in [-0.1, -0.05) is 0 Å². The number of methoxy groups -OCH3 is 1. The number of carbonyl (C=O) groups is 1. The number of rotatable bonds is 6. The Morgan fingerprint density at radius 2 is 1.97 bits per heavy atom. The number of benzene rings is 1. The number of pyridine rings is 1. The lowest BCUT2D eigenvalue weighted by Gasteiger charge is -2.24. The highest BCUT2D eigenvalue weighted by molar-refractivity contribution is 5.89. The molecule has 0 radical (unpaired) electrons. The van der Waals surface area contributed by atoms with Crippen LogP contribution in [-0.4, -0.2) is 61.4 Å². The maximum atomic E-state index is 8.36. The van der Waals surface area contributed by atoms with Crippen LogP contribution in [0.25, 0.3) is 10.9 Å². The van der Waals surface area contributed by atoms with E-state index < -0.39 is 0 Å². The van der Waals surface area contributed by atoms with E-state index in [1.54, 1.807) is 7.11 Å². The molecular formula is C24H35N3O4. The Hall–Kier alpha value is -2.54. The van der Waals surface area contributed by atoms with Crippen molar-refractivity contribution in [1.29, 1.82) is 0 Å². The zero-order valence-electron chi connectivity index (χ0n) is 19.1. The maximum absolute atomic E-state index is 8.36. The molecule has 0 bridgehead atoms. The number of aryl methyl sites for hydroxylation is 1. The van der Waals surface area contributed by atoms with Crippen molar-refractivity contribution in [3.63, 3.8) is 0 Å². The summed E-state index contributed by atoms with van der Waals surface area (Å²) in [4.78, 5) is 15.7. The first-order valence-electron chi connectivity index (χ1n) is 11.2. The summed E-state index contributed by atoms with van der Waals surface area (Å²) in [6.45, 7) is 7.07. The average molecular weight is 430 g/mol. The smallest absolute Gasteiger partial charge is 0.290 e. The van der Waals surface area contributed by atoms with Gasteiger partial charge in [-0.2, -0.15) is 0 Å². The summed E-state index contributed by atoms with van der Waals surface area (Å²) in [7, 11) is 3.90. The van der Waals surface area contributed by atoms with Crippen molar-refractivity contribution in [2.45, 2.75) is 52.0 Å². The molecule has 170 valence electrons. The van der Waals surface area contributed by atoms with Gasteiger partial charge in [-0.25, -0.2) is 4.98 Å². The van der Waals surface area contributed by atoms with Gasteiger partial charge in [-0.3, -0.25) is 4.79 Å². The predicted molar refractivity (Wildman–Crippen MR) is 123 cm³/mol. The number of hydrogen-bond acceptors (Lipinski definition) is 6. The summed E-state index contributed by atoms with van der Waals surface area (Å²) in [5, 5.41) is 11.7. The molecule has 1 saturated heterocycles. The number of carboxylic acid groups (broad SMARTS) is 1. The zero-order valence-corrected chi connectivity index (χ0v) is 19.1. The lowest BCUT2D eigenvalue weighted by molar-refractivity contribution is -0.122. The minimum absolute atomic E-state index is 0.250. The van der Waals surface area contributed by atoms with Gasteiger partial charge in [0.1, 0.15) is 5.82 Å². The Kier molecular flexibility index (Phi) is 7.96. The second kappa shape index (κ2) is 10.7. The molecule has 31 heavy (non-hydrogen) atoms. The van der Waals surface area contributed by atoms with Crippen molar-refractivity contribution >= 4 is 23.2 Å². The number of nitrogens with zero attached hydrogens (tertiary/aromatic N) is 2. The van der Waals surface area contributed by atoms with Crippen molar-refractivity contribution in [2.24, 2.45) is 5.92 Å². The van der Waals surface area contributed by atoms with Crippen LogP contribution in [0.2, 0.25) is 0 Å². The Bertz CT molecular complexity index is 900. The number of aromatic nitrogens is 1. The van der Waals surface area contributed by atoms with Crippen LogP contribution in [0.3, 0.4) is 0 Å². The number of hydrogen-bond donors (Lipinski definition) is 2. The number of fused-ring (bicyclic) bond motifs is 3. The normalized spacial score (nSPS) is 18.3. The van der Waals surface area contributed by atoms with Crippen LogP contribution < -0.4 is 14.8 Å². The van der Waals surface area contributed by atoms with Crippen molar-refractivity contribution in [3.05, 3.63) is 23.3 Å². The van der Waals surface area contributed by atoms with E-state index in [1.807, 2.05) is 0 Å². The average Bonchev–Trinajstić information content (AvgIpc) is 3.17. The second-order valence-corrected chi connectivity index (χ2v) is 8.78. The van der Waals surface area contributed by atoms with Crippen LogP contribution >= 0.6 is 0 Å². The third-order valence-corrected chi connectivity index (χ3v) is 5.98. The highest BCUT2D eigenvalue weighted by Crippen LogP contribution is 2.39. The van der Waals surface area contributed by atoms with Crippen molar-refractivity contribution in [3.8, 4) is 11.5 Å². The first kappa shape index (κ1) is 23.1. The fraction of sp³-hybridized carbons (Fsp3) is 0.583. The molecule has 1 unspecified atom stereocenters. The number of ether oxygens (including phenoxy) is 2. The van der Waals surface area contributed by atoms with Crippen LogP contribution in [0.5, 0.6) is 11.5 Å². The monoisotopic (exact) mass is 429 g/mol. The first-order valence-corrected chi connectivity index (χ1v) is 11.2. The molecule has 0 saturated carbocycles. The molecule has 2 aromatic rings. The van der Waals surface area contributed by atoms with Crippen molar-refractivity contribution in [1.82, 2.24) is 9.88 Å². The van der Waals surface area contributed by atoms with Gasteiger partial charge in [0.2, 0.25) is 0 Å². The molecule has 1 aromatic carbocycles. The van der Waals surface area contributed by atoms with E-state index in [4.69, 9.17) is 24.4 Å². The van der Waals surface area contributed by atoms with Crippen molar-refractivity contribution < 1.29 is 19.4 Å². The summed E-state index contributed by atoms with van der Waals surface area (Å²) in [6.07, 6.45) is 5.88. The summed E-state index contributed by atoms with van der Waals surface area (Å²) < 4.78 is 11.9. The standard InChI is InChI=1S/C23H33N3O2.CH2O2/c1-15(2)24-23-18-8-6-5-7-17(18)19-11-21(27-4)22(12-20(19)25-23)28-14-16-9-10-26(3)13-16;2-1-3/h11-12,15-16H,5-10,13-14H2,1-4H3,(H,24,25);1H,(H,2,3). The molecular weight excluding hydrogens is 394 g/mol. The summed E-state index contributed by atoms with van der Waals surface area (Å²) in [5.41, 5.74) is 3.82. The topological polar surface area (TPSA) is 83.9 Å². The molecule has 2 aliphatic rings. The number of anilines is 1. The number of likely N-dealkylation sites (tertiary alicyclic amines) is 1. The van der Waals surface area contributed by atoms with E-state index in [-0.39, 0.29) is 6.47 Å². The third-order valence-electron chi connectivity index (χ3n) is 5.98. The third kappa shape index (κ3) is 5.58. The van der Waals surface area contributed by atoms with Gasteiger partial charge in [-0.05, 0) is 76.7 Å². The van der Waals surface area contributed by atoms with E-state index in [9.17, 15) is 0 Å². The highest BCUT2D eigenvalue weighted by Gasteiger charge is 2.23. The van der Waals surface area contributed by atoms with Gasteiger partial charge >= 0.3 is 0 Å². The largest absolute Gasteiger partial charge is 0.493 e. The van der Waals surface area contributed by atoms with Gasteiger partial charge < -0.3 is 24.8 Å². The van der Waals surface area contributed by atoms with Gasteiger partial charge in [0.25, 0.3) is 6.47 Å². The first-order chi connectivity index (χ1) is 15.0. The molecule has 4 rings (SSSR count). The summed E-state index contributed by atoms with van der Waals surface area (Å²) in [6, 6.07) is 4.58. The molecule has 7 nitrogen and oxygen atoms in total. The fourth-order valence-corrected chi connectivity index (χ4v) is 4.57. The fourth-order valence-electron chi connectivity index (χ4n) is 4.57. The minimum atomic E-state index is -0.250. The summed E-state index contributed by atoms with van der Waals surface area (Å²) >= 11 is 0. The SMILES string of the molecule is COc1cc2c3c(c(NC(C)C)nc2cc1OCC1CCN(C)C1)CCCC3.O=CO. The lowest BCUT2D eigenvalue weighted by Crippen LogP contribution is -2.18. The molecule has 2 heterocycles. The van der Waals surface area contributed by atoms with Crippen LogP contribution in [0.1, 0.15) is 44.2 Å². The molecule has 1 atom stereocenters. The van der Waals surface area contributed by atoms with E-state index in [0.717, 1.165) is 55.4 Å². The zero-order chi connectivity index (χ0) is 22.4. The Labute approximate surface area is 184 Å². The Balaban J connectivity index is 0.000000858. The van der Waals surface area contributed by atoms with E-state index in [2.05, 4.69) is 43.2 Å². The van der Waals surface area contributed by atoms with Gasteiger partial charge in [0.15, 0.2) is 11.5 Å². The van der Waals surface area contributed by atoms with Crippen LogP contribution in [0, 0.1) is 5.92 Å². The second-order valence-electron chi connectivity index (χ2n) is 8.78. The quantitative estimate of drug-likeness (QED) is 0.672. The Morgan fingerprint density at radius 3 is 2.58 bits per heavy atom. The molecule has 0 spiro atoms. The van der Waals surface area contributed by atoms with Gasteiger partial charge in [0, 0.05) is 30.0 Å². The Morgan fingerprint density at radius 1 is 1.26 bits per heavy atom. The molecule has 0 amide bonds. The van der Waals surface area contributed by atoms with Crippen LogP contribution in [0.4, 0.5) is 5.82 Å².